The molecule has 0 unspecified atom stereocenters. The van der Waals surface area contributed by atoms with Crippen LogP contribution in [0.1, 0.15) is 18.9 Å². The molecule has 16 heavy (non-hydrogen) atoms. The third-order valence-corrected chi connectivity index (χ3v) is 2.39. The topological polar surface area (TPSA) is 28.2 Å². The third-order valence-electron chi connectivity index (χ3n) is 2.39. The van der Waals surface area contributed by atoms with Gasteiger partial charge in [-0.25, -0.2) is 4.39 Å². The highest BCUT2D eigenvalue weighted by Gasteiger charge is 2.05. The van der Waals surface area contributed by atoms with E-state index in [0.717, 1.165) is 38.2 Å². The van der Waals surface area contributed by atoms with Crippen molar-refractivity contribution in [2.45, 2.75) is 19.9 Å². The lowest BCUT2D eigenvalue weighted by Crippen LogP contribution is -2.31. The zero-order valence-electron chi connectivity index (χ0n) is 10.0. The van der Waals surface area contributed by atoms with E-state index in [4.69, 9.17) is 0 Å². The number of nitrogens with one attached hydrogen (secondary N) is 1. The number of hydrogen-bond donors (Lipinski definition) is 1. The number of likely N-dealkylation sites (N-methyl/N-ethyl adjacent to an activating group) is 1. The number of pyridine rings is 1. The Kier molecular flexibility index (Phi) is 5.96. The SMILES string of the molecule is CCCN(CCNC)Cc1cncc(F)c1. The smallest absolute Gasteiger partial charge is 0.141 e. The minimum atomic E-state index is -0.262. The summed E-state index contributed by atoms with van der Waals surface area (Å²) in [5.41, 5.74) is 0.935. The molecule has 0 saturated heterocycles. The van der Waals surface area contributed by atoms with E-state index in [0.29, 0.717) is 0 Å². The van der Waals surface area contributed by atoms with E-state index in [1.54, 1.807) is 12.3 Å². The van der Waals surface area contributed by atoms with Crippen LogP contribution in [0.25, 0.3) is 0 Å². The molecule has 0 aliphatic carbocycles. The van der Waals surface area contributed by atoms with E-state index in [1.807, 2.05) is 7.05 Å². The number of aromatic nitrogens is 1. The van der Waals surface area contributed by atoms with Crippen LogP contribution in [0.15, 0.2) is 18.5 Å². The Morgan fingerprint density at radius 2 is 2.19 bits per heavy atom. The van der Waals surface area contributed by atoms with Gasteiger partial charge in [0.1, 0.15) is 5.82 Å². The van der Waals surface area contributed by atoms with Crippen molar-refractivity contribution in [2.75, 3.05) is 26.7 Å². The first-order valence-corrected chi connectivity index (χ1v) is 5.72. The van der Waals surface area contributed by atoms with Crippen molar-refractivity contribution in [1.82, 2.24) is 15.2 Å². The fourth-order valence-electron chi connectivity index (χ4n) is 1.66. The molecule has 0 aliphatic rings. The average Bonchev–Trinajstić information content (AvgIpc) is 2.26. The predicted octanol–water partition coefficient (Wildman–Crippen LogP) is 1.65. The molecule has 0 spiro atoms. The van der Waals surface area contributed by atoms with Crippen molar-refractivity contribution in [3.63, 3.8) is 0 Å². The Labute approximate surface area is 96.7 Å². The molecule has 4 heteroatoms. The fourth-order valence-corrected chi connectivity index (χ4v) is 1.66. The molecule has 0 saturated carbocycles. The quantitative estimate of drug-likeness (QED) is 0.765. The van der Waals surface area contributed by atoms with E-state index in [1.165, 1.54) is 6.20 Å². The van der Waals surface area contributed by atoms with Gasteiger partial charge in [0.15, 0.2) is 0 Å². The molecular formula is C12H20FN3. The molecule has 0 fully saturated rings. The number of nitrogens with zero attached hydrogens (tertiary/aromatic N) is 2. The summed E-state index contributed by atoms with van der Waals surface area (Å²) in [6.07, 6.45) is 4.07. The molecule has 0 bridgehead atoms. The molecule has 1 rings (SSSR count). The van der Waals surface area contributed by atoms with Gasteiger partial charge in [-0.1, -0.05) is 6.92 Å². The Balaban J connectivity index is 2.52. The molecule has 0 atom stereocenters. The van der Waals surface area contributed by atoms with Crippen LogP contribution in [-0.2, 0) is 6.54 Å². The largest absolute Gasteiger partial charge is 0.318 e. The van der Waals surface area contributed by atoms with Gasteiger partial charge in [0, 0.05) is 25.8 Å². The van der Waals surface area contributed by atoms with Gasteiger partial charge in [-0.3, -0.25) is 9.88 Å². The molecule has 1 N–H and O–H groups in total. The summed E-state index contributed by atoms with van der Waals surface area (Å²) in [5.74, 6) is -0.262. The zero-order valence-corrected chi connectivity index (χ0v) is 10.0. The third kappa shape index (κ3) is 4.68. The van der Waals surface area contributed by atoms with Crippen LogP contribution in [0.4, 0.5) is 4.39 Å². The summed E-state index contributed by atoms with van der Waals surface area (Å²) in [6, 6.07) is 1.55. The highest BCUT2D eigenvalue weighted by atomic mass is 19.1. The van der Waals surface area contributed by atoms with Gasteiger partial charge in [-0.2, -0.15) is 0 Å². The molecule has 0 amide bonds. The molecule has 1 aromatic rings. The summed E-state index contributed by atoms with van der Waals surface area (Å²) in [6.45, 7) is 5.86. The lowest BCUT2D eigenvalue weighted by atomic mass is 10.2. The summed E-state index contributed by atoms with van der Waals surface area (Å²) >= 11 is 0. The second-order valence-electron chi connectivity index (χ2n) is 3.89. The van der Waals surface area contributed by atoms with Crippen LogP contribution in [0.3, 0.4) is 0 Å². The normalized spacial score (nSPS) is 11.0. The first kappa shape index (κ1) is 13.1. The van der Waals surface area contributed by atoms with Gasteiger partial charge in [-0.05, 0) is 31.6 Å². The molecule has 1 aromatic heterocycles. The molecule has 0 aliphatic heterocycles. The van der Waals surface area contributed by atoms with Gasteiger partial charge in [0.2, 0.25) is 0 Å². The van der Waals surface area contributed by atoms with E-state index < -0.39 is 0 Å². The van der Waals surface area contributed by atoms with Crippen LogP contribution < -0.4 is 5.32 Å². The molecular weight excluding hydrogens is 205 g/mol. The average molecular weight is 225 g/mol. The van der Waals surface area contributed by atoms with Crippen molar-refractivity contribution in [3.8, 4) is 0 Å². The molecule has 0 radical (unpaired) electrons. The number of rotatable bonds is 7. The van der Waals surface area contributed by atoms with E-state index in [9.17, 15) is 4.39 Å². The second-order valence-corrected chi connectivity index (χ2v) is 3.89. The fraction of sp³-hybridized carbons (Fsp3) is 0.583. The predicted molar refractivity (Wildman–Crippen MR) is 63.7 cm³/mol. The zero-order chi connectivity index (χ0) is 11.8. The lowest BCUT2D eigenvalue weighted by molar-refractivity contribution is 0.267. The summed E-state index contributed by atoms with van der Waals surface area (Å²) in [7, 11) is 1.94. The number of halogens is 1. The second kappa shape index (κ2) is 7.30. The van der Waals surface area contributed by atoms with Gasteiger partial charge >= 0.3 is 0 Å². The van der Waals surface area contributed by atoms with E-state index in [2.05, 4.69) is 22.1 Å². The Bertz CT molecular complexity index is 304. The van der Waals surface area contributed by atoms with Crippen LogP contribution in [-0.4, -0.2) is 36.6 Å². The Morgan fingerprint density at radius 1 is 1.38 bits per heavy atom. The lowest BCUT2D eigenvalue weighted by Gasteiger charge is -2.21. The maximum Gasteiger partial charge on any atom is 0.141 e. The first-order valence-electron chi connectivity index (χ1n) is 5.72. The standard InChI is InChI=1S/C12H20FN3/c1-3-5-16(6-4-14-2)10-11-7-12(13)9-15-8-11/h7-9,14H,3-6,10H2,1-2H3. The highest BCUT2D eigenvalue weighted by molar-refractivity contribution is 5.09. The molecule has 90 valence electrons. The van der Waals surface area contributed by atoms with Gasteiger partial charge < -0.3 is 5.32 Å². The minimum Gasteiger partial charge on any atom is -0.318 e. The van der Waals surface area contributed by atoms with Gasteiger partial charge in [-0.15, -0.1) is 0 Å². The number of hydrogen-bond acceptors (Lipinski definition) is 3. The van der Waals surface area contributed by atoms with Crippen molar-refractivity contribution >= 4 is 0 Å². The first-order chi connectivity index (χ1) is 7.76. The van der Waals surface area contributed by atoms with Gasteiger partial charge in [0.25, 0.3) is 0 Å². The van der Waals surface area contributed by atoms with Crippen molar-refractivity contribution < 1.29 is 4.39 Å². The van der Waals surface area contributed by atoms with Crippen molar-refractivity contribution in [2.24, 2.45) is 0 Å². The molecule has 0 aromatic carbocycles. The maximum atomic E-state index is 13.0. The molecule has 1 heterocycles. The summed E-state index contributed by atoms with van der Waals surface area (Å²) < 4.78 is 13.0. The summed E-state index contributed by atoms with van der Waals surface area (Å²) in [5, 5.41) is 3.12. The molecule has 3 nitrogen and oxygen atoms in total. The van der Waals surface area contributed by atoms with Crippen molar-refractivity contribution in [3.05, 3.63) is 29.8 Å². The van der Waals surface area contributed by atoms with Crippen molar-refractivity contribution in [1.29, 1.82) is 0 Å². The monoisotopic (exact) mass is 225 g/mol. The van der Waals surface area contributed by atoms with Crippen LogP contribution in [0, 0.1) is 5.82 Å². The van der Waals surface area contributed by atoms with E-state index in [-0.39, 0.29) is 5.82 Å². The van der Waals surface area contributed by atoms with Crippen LogP contribution in [0.5, 0.6) is 0 Å². The maximum absolute atomic E-state index is 13.0. The van der Waals surface area contributed by atoms with E-state index >= 15 is 0 Å². The minimum absolute atomic E-state index is 0.262. The Morgan fingerprint density at radius 3 is 2.81 bits per heavy atom. The highest BCUT2D eigenvalue weighted by Crippen LogP contribution is 2.05. The van der Waals surface area contributed by atoms with Crippen LogP contribution in [0.2, 0.25) is 0 Å². The van der Waals surface area contributed by atoms with Gasteiger partial charge in [0.05, 0.1) is 6.20 Å². The summed E-state index contributed by atoms with van der Waals surface area (Å²) in [4.78, 5) is 6.16. The van der Waals surface area contributed by atoms with Crippen LogP contribution >= 0.6 is 0 Å². The Hall–Kier alpha value is -1.00.